The molecule has 2 amide bonds. The lowest BCUT2D eigenvalue weighted by Crippen LogP contribution is -2.54. The van der Waals surface area contributed by atoms with Crippen LogP contribution in [0, 0.1) is 0 Å². The number of carbonyl (C=O) groups is 2. The van der Waals surface area contributed by atoms with Crippen molar-refractivity contribution in [1.82, 2.24) is 35.7 Å². The quantitative estimate of drug-likeness (QED) is 0.364. The second kappa shape index (κ2) is 12.5. The molecule has 3 aromatic rings. The van der Waals surface area contributed by atoms with Crippen LogP contribution in [0.4, 0.5) is 0 Å². The number of aryl methyl sites for hydroxylation is 1. The molecule has 0 saturated carbocycles. The van der Waals surface area contributed by atoms with Crippen molar-refractivity contribution >= 4 is 11.8 Å². The largest absolute Gasteiger partial charge is 0.343 e. The SMILES string of the molecule is C[C@H](N)C(=O)N[C@@H](CCc1nnn[nH]1)C(=O)N1C[C@@H](c2ccccc2)C[C@H]1CN1CCC(c2ccccc2)C1. The van der Waals surface area contributed by atoms with Gasteiger partial charge in [0.25, 0.3) is 0 Å². The minimum absolute atomic E-state index is 0.0545. The number of benzene rings is 2. The molecule has 2 aliphatic heterocycles. The highest BCUT2D eigenvalue weighted by molar-refractivity contribution is 5.89. The zero-order chi connectivity index (χ0) is 27.2. The Hall–Kier alpha value is -3.63. The monoisotopic (exact) mass is 530 g/mol. The topological polar surface area (TPSA) is 133 Å². The molecule has 0 bridgehead atoms. The average molecular weight is 531 g/mol. The lowest BCUT2D eigenvalue weighted by molar-refractivity contribution is -0.137. The number of hydrogen-bond donors (Lipinski definition) is 3. The first-order valence-electron chi connectivity index (χ1n) is 13.9. The van der Waals surface area contributed by atoms with Crippen molar-refractivity contribution in [1.29, 1.82) is 0 Å². The first-order valence-corrected chi connectivity index (χ1v) is 13.9. The summed E-state index contributed by atoms with van der Waals surface area (Å²) in [4.78, 5) is 31.2. The third kappa shape index (κ3) is 6.69. The number of H-pyrrole nitrogens is 1. The average Bonchev–Trinajstić information content (AvgIpc) is 3.73. The van der Waals surface area contributed by atoms with Crippen molar-refractivity contribution in [2.45, 2.75) is 62.6 Å². The Labute approximate surface area is 229 Å². The molecule has 2 aromatic carbocycles. The Balaban J connectivity index is 1.33. The van der Waals surface area contributed by atoms with E-state index in [-0.39, 0.29) is 23.8 Å². The highest BCUT2D eigenvalue weighted by Gasteiger charge is 2.40. The van der Waals surface area contributed by atoms with Crippen LogP contribution in [0.25, 0.3) is 0 Å². The van der Waals surface area contributed by atoms with Gasteiger partial charge in [-0.15, -0.1) is 5.10 Å². The highest BCUT2D eigenvalue weighted by atomic mass is 16.2. The second-order valence-electron chi connectivity index (χ2n) is 10.9. The predicted octanol–water partition coefficient (Wildman–Crippen LogP) is 1.84. The van der Waals surface area contributed by atoms with Crippen molar-refractivity contribution in [3.8, 4) is 0 Å². The van der Waals surface area contributed by atoms with Gasteiger partial charge in [-0.1, -0.05) is 60.7 Å². The molecular weight excluding hydrogens is 492 g/mol. The van der Waals surface area contributed by atoms with E-state index in [9.17, 15) is 9.59 Å². The van der Waals surface area contributed by atoms with Crippen molar-refractivity contribution in [3.05, 3.63) is 77.6 Å². The third-order valence-corrected chi connectivity index (χ3v) is 8.07. The van der Waals surface area contributed by atoms with E-state index in [1.807, 2.05) is 11.0 Å². The highest BCUT2D eigenvalue weighted by Crippen LogP contribution is 2.35. The third-order valence-electron chi connectivity index (χ3n) is 8.07. The Kier molecular flexibility index (Phi) is 8.63. The van der Waals surface area contributed by atoms with Crippen LogP contribution < -0.4 is 11.1 Å². The van der Waals surface area contributed by atoms with E-state index in [1.54, 1.807) is 6.92 Å². The summed E-state index contributed by atoms with van der Waals surface area (Å²) in [7, 11) is 0. The summed E-state index contributed by atoms with van der Waals surface area (Å²) in [6, 6.07) is 19.7. The van der Waals surface area contributed by atoms with Gasteiger partial charge >= 0.3 is 0 Å². The van der Waals surface area contributed by atoms with E-state index < -0.39 is 12.1 Å². The van der Waals surface area contributed by atoms with Gasteiger partial charge in [0.1, 0.15) is 11.9 Å². The molecule has 5 atom stereocenters. The van der Waals surface area contributed by atoms with Crippen LogP contribution in [0.1, 0.15) is 55.0 Å². The van der Waals surface area contributed by atoms with Gasteiger partial charge in [0.05, 0.1) is 6.04 Å². The van der Waals surface area contributed by atoms with Gasteiger partial charge < -0.3 is 20.9 Å². The number of hydrogen-bond acceptors (Lipinski definition) is 7. The molecule has 1 aromatic heterocycles. The molecule has 2 saturated heterocycles. The lowest BCUT2D eigenvalue weighted by Gasteiger charge is -2.32. The number of tetrazole rings is 1. The summed E-state index contributed by atoms with van der Waals surface area (Å²) in [6.07, 6.45) is 2.83. The minimum Gasteiger partial charge on any atom is -0.343 e. The molecule has 10 nitrogen and oxygen atoms in total. The molecule has 5 rings (SSSR count). The number of nitrogens with one attached hydrogen (secondary N) is 2. The van der Waals surface area contributed by atoms with E-state index in [4.69, 9.17) is 5.73 Å². The fourth-order valence-electron chi connectivity index (χ4n) is 5.95. The van der Waals surface area contributed by atoms with Crippen LogP contribution in [-0.2, 0) is 16.0 Å². The first kappa shape index (κ1) is 27.0. The molecule has 206 valence electrons. The lowest BCUT2D eigenvalue weighted by atomic mass is 9.96. The number of aromatic amines is 1. The summed E-state index contributed by atoms with van der Waals surface area (Å²) in [5.41, 5.74) is 8.46. The Bertz CT molecular complexity index is 1200. The molecular formula is C29H38N8O2. The maximum atomic E-state index is 14.1. The molecule has 10 heteroatoms. The van der Waals surface area contributed by atoms with Crippen molar-refractivity contribution in [3.63, 3.8) is 0 Å². The number of nitrogens with two attached hydrogens (primary N) is 1. The van der Waals surface area contributed by atoms with Crippen LogP contribution in [0.5, 0.6) is 0 Å². The summed E-state index contributed by atoms with van der Waals surface area (Å²) < 4.78 is 0. The molecule has 0 radical (unpaired) electrons. The van der Waals surface area contributed by atoms with Gasteiger partial charge in [-0.05, 0) is 60.2 Å². The molecule has 2 fully saturated rings. The van der Waals surface area contributed by atoms with E-state index >= 15 is 0 Å². The van der Waals surface area contributed by atoms with Crippen molar-refractivity contribution in [2.24, 2.45) is 5.73 Å². The van der Waals surface area contributed by atoms with E-state index in [1.165, 1.54) is 11.1 Å². The Morgan fingerprint density at radius 3 is 2.38 bits per heavy atom. The maximum absolute atomic E-state index is 14.1. The smallest absolute Gasteiger partial charge is 0.245 e. The van der Waals surface area contributed by atoms with E-state index in [2.05, 4.69) is 85.4 Å². The maximum Gasteiger partial charge on any atom is 0.245 e. The van der Waals surface area contributed by atoms with Crippen LogP contribution in [0.15, 0.2) is 60.7 Å². The van der Waals surface area contributed by atoms with Crippen LogP contribution in [-0.4, -0.2) is 86.5 Å². The van der Waals surface area contributed by atoms with Gasteiger partial charge in [-0.3, -0.25) is 9.59 Å². The molecule has 39 heavy (non-hydrogen) atoms. The molecule has 3 heterocycles. The number of nitrogens with zero attached hydrogens (tertiary/aromatic N) is 5. The molecule has 1 unspecified atom stereocenters. The molecule has 0 aliphatic carbocycles. The number of carbonyl (C=O) groups excluding carboxylic acids is 2. The van der Waals surface area contributed by atoms with Crippen molar-refractivity contribution in [2.75, 3.05) is 26.2 Å². The minimum atomic E-state index is -0.710. The zero-order valence-electron chi connectivity index (χ0n) is 22.4. The number of aromatic nitrogens is 4. The Morgan fingerprint density at radius 2 is 1.74 bits per heavy atom. The molecule has 4 N–H and O–H groups in total. The number of likely N-dealkylation sites (tertiary alicyclic amines) is 2. The van der Waals surface area contributed by atoms with Crippen LogP contribution in [0.3, 0.4) is 0 Å². The van der Waals surface area contributed by atoms with Gasteiger partial charge in [0.15, 0.2) is 0 Å². The number of rotatable bonds is 10. The summed E-state index contributed by atoms with van der Waals surface area (Å²) in [5.74, 6) is 0.918. The van der Waals surface area contributed by atoms with Crippen LogP contribution in [0.2, 0.25) is 0 Å². The zero-order valence-corrected chi connectivity index (χ0v) is 22.4. The normalized spacial score (nSPS) is 23.0. The van der Waals surface area contributed by atoms with Gasteiger partial charge in [0, 0.05) is 38.0 Å². The predicted molar refractivity (Wildman–Crippen MR) is 148 cm³/mol. The first-order chi connectivity index (χ1) is 19.0. The second-order valence-corrected chi connectivity index (χ2v) is 10.9. The summed E-state index contributed by atoms with van der Waals surface area (Å²) >= 11 is 0. The summed E-state index contributed by atoms with van der Waals surface area (Å²) in [6.45, 7) is 5.06. The fraction of sp³-hybridized carbons (Fsp3) is 0.483. The summed E-state index contributed by atoms with van der Waals surface area (Å²) in [5, 5.41) is 16.8. The van der Waals surface area contributed by atoms with Gasteiger partial charge in [0.2, 0.25) is 11.8 Å². The molecule has 0 spiro atoms. The van der Waals surface area contributed by atoms with E-state index in [0.717, 1.165) is 32.5 Å². The van der Waals surface area contributed by atoms with E-state index in [0.29, 0.717) is 31.1 Å². The standard InChI is InChI=1S/C29H38N8O2/c1-20(30)28(38)31-26(12-13-27-32-34-35-33-27)29(39)37-18-24(22-10-6-3-7-11-22)16-25(37)19-36-15-14-23(17-36)21-8-4-2-5-9-21/h2-11,20,23-26H,12-19,30H2,1H3,(H,31,38)(H,32,33,34,35)/t20-,23?,24-,25-,26-/m0/s1. The van der Waals surface area contributed by atoms with Crippen molar-refractivity contribution < 1.29 is 9.59 Å². The molecule has 2 aliphatic rings. The van der Waals surface area contributed by atoms with Gasteiger partial charge in [-0.2, -0.15) is 0 Å². The van der Waals surface area contributed by atoms with Gasteiger partial charge in [-0.25, -0.2) is 5.10 Å². The number of amides is 2. The fourth-order valence-corrected chi connectivity index (χ4v) is 5.95. The Morgan fingerprint density at radius 1 is 1.05 bits per heavy atom. The van der Waals surface area contributed by atoms with Crippen LogP contribution >= 0.6 is 0 Å².